The van der Waals surface area contributed by atoms with Crippen LogP contribution in [-0.2, 0) is 4.79 Å². The molecule has 0 aromatic carbocycles. The third-order valence-corrected chi connectivity index (χ3v) is 4.44. The van der Waals surface area contributed by atoms with E-state index < -0.39 is 0 Å². The van der Waals surface area contributed by atoms with Crippen LogP contribution in [0.2, 0.25) is 8.67 Å². The number of hydrogen-bond donors (Lipinski definition) is 2. The quantitative estimate of drug-likeness (QED) is 0.456. The van der Waals surface area contributed by atoms with Crippen LogP contribution >= 0.6 is 45.9 Å². The molecule has 2 N–H and O–H groups in total. The highest BCUT2D eigenvalue weighted by atomic mass is 35.5. The van der Waals surface area contributed by atoms with Crippen LogP contribution in [0.4, 0.5) is 5.00 Å². The first-order valence-corrected chi connectivity index (χ1v) is 7.78. The second-order valence-electron chi connectivity index (χ2n) is 3.57. The van der Waals surface area contributed by atoms with Crippen LogP contribution < -0.4 is 5.32 Å². The van der Waals surface area contributed by atoms with Gasteiger partial charge in [-0.1, -0.05) is 28.4 Å². The lowest BCUT2D eigenvalue weighted by Gasteiger charge is -1.92. The molecule has 2 aromatic heterocycles. The van der Waals surface area contributed by atoms with Crippen molar-refractivity contribution < 1.29 is 10.0 Å². The highest BCUT2D eigenvalue weighted by Gasteiger charge is 2.00. The Hall–Kier alpha value is -1.08. The van der Waals surface area contributed by atoms with Crippen molar-refractivity contribution in [2.45, 2.75) is 13.8 Å². The summed E-state index contributed by atoms with van der Waals surface area (Å²) in [5, 5.41) is 14.8. The number of carbonyl (C=O) groups is 1. The lowest BCUT2D eigenvalue weighted by molar-refractivity contribution is -0.114. The summed E-state index contributed by atoms with van der Waals surface area (Å²) in [6.07, 6.45) is 0. The fraction of sp³-hybridized carbons (Fsp3) is 0.167. The van der Waals surface area contributed by atoms with Crippen molar-refractivity contribution in [3.05, 3.63) is 37.8 Å². The summed E-state index contributed by atoms with van der Waals surface area (Å²) in [5.74, 6) is -0.0708. The minimum atomic E-state index is -0.0708. The summed E-state index contributed by atoms with van der Waals surface area (Å²) in [7, 11) is 0. The number of thiophene rings is 2. The van der Waals surface area contributed by atoms with Crippen molar-refractivity contribution in [2.75, 3.05) is 5.32 Å². The Bertz CT molecular complexity index is 608. The van der Waals surface area contributed by atoms with Gasteiger partial charge < -0.3 is 10.5 Å². The molecule has 1 amide bonds. The average molecular weight is 351 g/mol. The van der Waals surface area contributed by atoms with Gasteiger partial charge in [-0.2, -0.15) is 0 Å². The molecule has 108 valence electrons. The lowest BCUT2D eigenvalue weighted by Crippen LogP contribution is -2.03. The van der Waals surface area contributed by atoms with Crippen molar-refractivity contribution >= 4 is 62.5 Å². The molecule has 0 aliphatic carbocycles. The zero-order chi connectivity index (χ0) is 15.1. The molecule has 0 saturated heterocycles. The zero-order valence-corrected chi connectivity index (χ0v) is 13.8. The molecule has 0 aliphatic heterocycles. The molecule has 0 fully saturated rings. The molecule has 2 heterocycles. The summed E-state index contributed by atoms with van der Waals surface area (Å²) in [4.78, 5) is 11.4. The van der Waals surface area contributed by atoms with Crippen molar-refractivity contribution in [3.63, 3.8) is 0 Å². The standard InChI is InChI=1S/2C6H6ClNOS/c1-4(9)8-6-3-2-5(7)10-6;1-4(8-9)5-2-3-6(7)10-5/h2-3H,1H3,(H,8,9);2-3,9H,1H3/b;8-4+. The molecule has 0 aliphatic rings. The number of halogens is 2. The normalized spacial score (nSPS) is 10.7. The van der Waals surface area contributed by atoms with Gasteiger partial charge in [-0.3, -0.25) is 4.79 Å². The predicted octanol–water partition coefficient (Wildman–Crippen LogP) is 4.96. The number of rotatable bonds is 2. The summed E-state index contributed by atoms with van der Waals surface area (Å²) in [6, 6.07) is 7.12. The molecule has 0 atom stereocenters. The molecule has 20 heavy (non-hydrogen) atoms. The van der Waals surface area contributed by atoms with Crippen molar-refractivity contribution in [1.82, 2.24) is 0 Å². The van der Waals surface area contributed by atoms with Gasteiger partial charge in [0.1, 0.15) is 0 Å². The van der Waals surface area contributed by atoms with E-state index in [2.05, 4.69) is 10.5 Å². The molecule has 4 nitrogen and oxygen atoms in total. The van der Waals surface area contributed by atoms with Crippen LogP contribution in [0, 0.1) is 0 Å². The van der Waals surface area contributed by atoms with Crippen LogP contribution in [0.1, 0.15) is 18.7 Å². The van der Waals surface area contributed by atoms with Crippen LogP contribution in [0.25, 0.3) is 0 Å². The number of anilines is 1. The van der Waals surface area contributed by atoms with Gasteiger partial charge in [-0.05, 0) is 31.2 Å². The molecule has 0 saturated carbocycles. The monoisotopic (exact) mass is 350 g/mol. The third kappa shape index (κ3) is 5.92. The highest BCUT2D eigenvalue weighted by molar-refractivity contribution is 7.20. The van der Waals surface area contributed by atoms with Crippen molar-refractivity contribution in [1.29, 1.82) is 0 Å². The van der Waals surface area contributed by atoms with Gasteiger partial charge in [0.15, 0.2) is 0 Å². The maximum absolute atomic E-state index is 10.5. The molecular formula is C12H12Cl2N2O2S2. The Morgan fingerprint density at radius 2 is 1.75 bits per heavy atom. The fourth-order valence-corrected chi connectivity index (χ4v) is 3.09. The van der Waals surface area contributed by atoms with Crippen molar-refractivity contribution in [3.8, 4) is 0 Å². The molecule has 0 bridgehead atoms. The van der Waals surface area contributed by atoms with Crippen LogP contribution in [0.15, 0.2) is 29.4 Å². The number of oxime groups is 1. The Balaban J connectivity index is 0.000000200. The van der Waals surface area contributed by atoms with Gasteiger partial charge >= 0.3 is 0 Å². The van der Waals surface area contributed by atoms with E-state index in [1.165, 1.54) is 29.6 Å². The molecule has 2 aromatic rings. The number of nitrogens with one attached hydrogen (secondary N) is 1. The van der Waals surface area contributed by atoms with E-state index in [4.69, 9.17) is 28.4 Å². The molecule has 0 radical (unpaired) electrons. The number of hydrogen-bond acceptors (Lipinski definition) is 5. The Morgan fingerprint density at radius 3 is 2.15 bits per heavy atom. The van der Waals surface area contributed by atoms with Gasteiger partial charge in [-0.25, -0.2) is 0 Å². The van der Waals surface area contributed by atoms with Crippen LogP contribution in [0.3, 0.4) is 0 Å². The number of amides is 1. The molecule has 0 unspecified atom stereocenters. The molecule has 8 heteroatoms. The van der Waals surface area contributed by atoms with Gasteiger partial charge in [0.05, 0.1) is 24.3 Å². The fourth-order valence-electron chi connectivity index (χ4n) is 1.11. The first-order chi connectivity index (χ1) is 9.42. The Kier molecular flexibility index (Phi) is 7.01. The highest BCUT2D eigenvalue weighted by Crippen LogP contribution is 2.25. The van der Waals surface area contributed by atoms with E-state index >= 15 is 0 Å². The minimum absolute atomic E-state index is 0.0708. The second-order valence-corrected chi connectivity index (χ2v) is 7.00. The van der Waals surface area contributed by atoms with Crippen molar-refractivity contribution in [2.24, 2.45) is 5.16 Å². The van der Waals surface area contributed by atoms with E-state index in [-0.39, 0.29) is 5.91 Å². The topological polar surface area (TPSA) is 61.7 Å². The van der Waals surface area contributed by atoms with E-state index in [0.717, 1.165) is 9.88 Å². The molecular weight excluding hydrogens is 339 g/mol. The third-order valence-electron chi connectivity index (χ3n) is 1.95. The Morgan fingerprint density at radius 1 is 1.15 bits per heavy atom. The number of nitrogens with zero attached hydrogens (tertiary/aromatic N) is 1. The maximum Gasteiger partial charge on any atom is 0.221 e. The average Bonchev–Trinajstić information content (AvgIpc) is 2.97. The van der Waals surface area contributed by atoms with Gasteiger partial charge in [0.25, 0.3) is 0 Å². The molecule has 2 rings (SSSR count). The second kappa shape index (κ2) is 8.26. The predicted molar refractivity (Wildman–Crippen MR) is 87.0 cm³/mol. The summed E-state index contributed by atoms with van der Waals surface area (Å²) < 4.78 is 1.39. The van der Waals surface area contributed by atoms with E-state index in [9.17, 15) is 4.79 Å². The summed E-state index contributed by atoms with van der Waals surface area (Å²) in [6.45, 7) is 3.19. The first kappa shape index (κ1) is 17.0. The summed E-state index contributed by atoms with van der Waals surface area (Å²) in [5.41, 5.74) is 0.594. The van der Waals surface area contributed by atoms with Crippen LogP contribution in [0.5, 0.6) is 0 Å². The van der Waals surface area contributed by atoms with E-state index in [0.29, 0.717) is 14.4 Å². The SMILES string of the molecule is C/C(=N\O)c1ccc(Cl)s1.CC(=O)Nc1ccc(Cl)s1. The first-order valence-electron chi connectivity index (χ1n) is 5.39. The van der Waals surface area contributed by atoms with Gasteiger partial charge in [0.2, 0.25) is 5.91 Å². The smallest absolute Gasteiger partial charge is 0.221 e. The van der Waals surface area contributed by atoms with E-state index in [1.54, 1.807) is 25.1 Å². The number of carbonyl (C=O) groups excluding carboxylic acids is 1. The van der Waals surface area contributed by atoms with Gasteiger partial charge in [0, 0.05) is 6.92 Å². The van der Waals surface area contributed by atoms with Gasteiger partial charge in [-0.15, -0.1) is 22.7 Å². The zero-order valence-electron chi connectivity index (χ0n) is 10.7. The summed E-state index contributed by atoms with van der Waals surface area (Å²) >= 11 is 14.0. The minimum Gasteiger partial charge on any atom is -0.411 e. The van der Waals surface area contributed by atoms with E-state index in [1.807, 2.05) is 6.07 Å². The van der Waals surface area contributed by atoms with Crippen LogP contribution in [-0.4, -0.2) is 16.8 Å². The largest absolute Gasteiger partial charge is 0.411 e. The maximum atomic E-state index is 10.5. The Labute approximate surface area is 134 Å². The molecule has 0 spiro atoms. The lowest BCUT2D eigenvalue weighted by atomic mass is 10.3.